The van der Waals surface area contributed by atoms with Crippen LogP contribution >= 0.6 is 11.3 Å². The number of hydrogen-bond donors (Lipinski definition) is 3. The third kappa shape index (κ3) is 3.53. The molecular weight excluding hydrogens is 398 g/mol. The van der Waals surface area contributed by atoms with Gasteiger partial charge in [0.2, 0.25) is 0 Å². The lowest BCUT2D eigenvalue weighted by molar-refractivity contribution is 0.174. The van der Waals surface area contributed by atoms with Gasteiger partial charge in [0.1, 0.15) is 10.8 Å². The molecule has 2 aliphatic rings. The third-order valence-electron chi connectivity index (χ3n) is 5.72. The number of aromatic hydroxyl groups is 2. The molecule has 2 aromatic heterocycles. The lowest BCUT2D eigenvalue weighted by atomic mass is 10.2. The second-order valence-electron chi connectivity index (χ2n) is 7.71. The summed E-state index contributed by atoms with van der Waals surface area (Å²) < 4.78 is 1.53. The first-order valence-electron chi connectivity index (χ1n) is 10.2. The van der Waals surface area contributed by atoms with Crippen LogP contribution in [0.5, 0.6) is 11.8 Å². The lowest BCUT2D eigenvalue weighted by Gasteiger charge is -2.36. The molecule has 0 amide bonds. The van der Waals surface area contributed by atoms with Crippen LogP contribution < -0.4 is 5.32 Å². The number of fused-ring (bicyclic) bond motifs is 2. The molecule has 30 heavy (non-hydrogen) atoms. The Kier molecular flexibility index (Phi) is 4.88. The van der Waals surface area contributed by atoms with E-state index in [0.29, 0.717) is 6.54 Å². The van der Waals surface area contributed by atoms with E-state index in [1.165, 1.54) is 27.1 Å². The van der Waals surface area contributed by atoms with Gasteiger partial charge in [-0.25, -0.2) is 4.99 Å². The molecule has 8 heteroatoms. The zero-order valence-corrected chi connectivity index (χ0v) is 17.7. The maximum Gasteiger partial charge on any atom is 0.193 e. The minimum Gasteiger partial charge on any atom is -0.494 e. The first-order chi connectivity index (χ1) is 14.6. The molecule has 3 N–H and O–H groups in total. The molecule has 1 aromatic carbocycles. The molecule has 1 saturated heterocycles. The van der Waals surface area contributed by atoms with Crippen LogP contribution in [0.15, 0.2) is 47.5 Å². The fourth-order valence-corrected chi connectivity index (χ4v) is 5.01. The van der Waals surface area contributed by atoms with Gasteiger partial charge >= 0.3 is 0 Å². The summed E-state index contributed by atoms with van der Waals surface area (Å²) in [5.41, 5.74) is 3.18. The number of amidine groups is 1. The largest absolute Gasteiger partial charge is 0.494 e. The molecule has 0 saturated carbocycles. The van der Waals surface area contributed by atoms with Gasteiger partial charge in [0, 0.05) is 56.3 Å². The second kappa shape index (κ2) is 7.70. The van der Waals surface area contributed by atoms with Crippen LogP contribution in [0, 0.1) is 6.92 Å². The molecule has 7 nitrogen and oxygen atoms in total. The Morgan fingerprint density at radius 1 is 1.00 bits per heavy atom. The summed E-state index contributed by atoms with van der Waals surface area (Å²) in [5, 5.41) is 24.4. The highest BCUT2D eigenvalue weighted by Gasteiger charge is 2.26. The molecule has 3 aromatic rings. The van der Waals surface area contributed by atoms with Gasteiger partial charge in [0.25, 0.3) is 0 Å². The number of thiophene rings is 1. The summed E-state index contributed by atoms with van der Waals surface area (Å²) in [6.07, 6.45) is 0. The van der Waals surface area contributed by atoms with Crippen molar-refractivity contribution in [1.29, 1.82) is 0 Å². The van der Waals surface area contributed by atoms with Crippen molar-refractivity contribution < 1.29 is 10.2 Å². The van der Waals surface area contributed by atoms with Crippen molar-refractivity contribution >= 4 is 33.5 Å². The quantitative estimate of drug-likeness (QED) is 0.599. The highest BCUT2D eigenvalue weighted by molar-refractivity contribution is 7.16. The van der Waals surface area contributed by atoms with Crippen molar-refractivity contribution in [3.05, 3.63) is 52.9 Å². The van der Waals surface area contributed by atoms with E-state index in [1.54, 1.807) is 11.3 Å². The topological polar surface area (TPSA) is 76.3 Å². The van der Waals surface area contributed by atoms with Gasteiger partial charge in [-0.2, -0.15) is 0 Å². The maximum absolute atomic E-state index is 9.83. The van der Waals surface area contributed by atoms with Crippen molar-refractivity contribution in [2.75, 3.05) is 38.0 Å². The summed E-state index contributed by atoms with van der Waals surface area (Å²) in [5.74, 6) is 1.24. The van der Waals surface area contributed by atoms with Crippen LogP contribution in [-0.2, 0) is 6.54 Å². The molecule has 5 rings (SSSR count). The highest BCUT2D eigenvalue weighted by atomic mass is 32.1. The van der Waals surface area contributed by atoms with Crippen molar-refractivity contribution in [2.24, 2.45) is 4.99 Å². The number of benzene rings is 1. The Bertz CT molecular complexity index is 1080. The van der Waals surface area contributed by atoms with Crippen LogP contribution in [0.3, 0.4) is 0 Å². The second-order valence-corrected chi connectivity index (χ2v) is 8.96. The van der Waals surface area contributed by atoms with Gasteiger partial charge in [-0.3, -0.25) is 9.47 Å². The SMILES string of the molecule is Cc1cc2c(s1)Nc1ccccc1N=C2N1CCN(CCn2c(O)ccc2O)CC1. The molecule has 2 aliphatic heterocycles. The van der Waals surface area contributed by atoms with E-state index in [-0.39, 0.29) is 11.8 Å². The Morgan fingerprint density at radius 3 is 2.50 bits per heavy atom. The molecule has 0 aliphatic carbocycles. The van der Waals surface area contributed by atoms with E-state index in [1.807, 2.05) is 12.1 Å². The van der Waals surface area contributed by atoms with Gasteiger partial charge in [-0.05, 0) is 25.1 Å². The Morgan fingerprint density at radius 2 is 1.73 bits per heavy atom. The lowest BCUT2D eigenvalue weighted by Crippen LogP contribution is -2.49. The molecule has 0 unspecified atom stereocenters. The van der Waals surface area contributed by atoms with Crippen LogP contribution in [0.2, 0.25) is 0 Å². The van der Waals surface area contributed by atoms with Crippen LogP contribution in [0.4, 0.5) is 16.4 Å². The van der Waals surface area contributed by atoms with E-state index in [4.69, 9.17) is 4.99 Å². The zero-order valence-electron chi connectivity index (χ0n) is 16.9. The molecule has 0 bridgehead atoms. The average molecular weight is 424 g/mol. The number of para-hydroxylation sites is 2. The molecule has 0 radical (unpaired) electrons. The molecule has 0 spiro atoms. The van der Waals surface area contributed by atoms with Crippen molar-refractivity contribution in [2.45, 2.75) is 13.5 Å². The summed E-state index contributed by atoms with van der Waals surface area (Å²) in [6, 6.07) is 13.4. The zero-order chi connectivity index (χ0) is 20.7. The summed E-state index contributed by atoms with van der Waals surface area (Å²) >= 11 is 1.77. The fourth-order valence-electron chi connectivity index (χ4n) is 4.09. The van der Waals surface area contributed by atoms with E-state index in [0.717, 1.165) is 54.9 Å². The first kappa shape index (κ1) is 19.0. The molecule has 156 valence electrons. The number of nitrogens with one attached hydrogen (secondary N) is 1. The molecular formula is C22H25N5O2S. The van der Waals surface area contributed by atoms with Crippen LogP contribution in [0.1, 0.15) is 10.4 Å². The van der Waals surface area contributed by atoms with Crippen molar-refractivity contribution in [3.8, 4) is 11.8 Å². The average Bonchev–Trinajstić information content (AvgIpc) is 3.22. The van der Waals surface area contributed by atoms with Crippen molar-refractivity contribution in [3.63, 3.8) is 0 Å². The highest BCUT2D eigenvalue weighted by Crippen LogP contribution is 2.39. The van der Waals surface area contributed by atoms with Gasteiger partial charge in [-0.1, -0.05) is 12.1 Å². The van der Waals surface area contributed by atoms with E-state index in [9.17, 15) is 10.2 Å². The minimum atomic E-state index is 0.102. The molecule has 0 atom stereocenters. The minimum absolute atomic E-state index is 0.102. The third-order valence-corrected chi connectivity index (χ3v) is 6.69. The Hall–Kier alpha value is -2.97. The van der Waals surface area contributed by atoms with Crippen molar-refractivity contribution in [1.82, 2.24) is 14.4 Å². The number of aryl methyl sites for hydroxylation is 1. The summed E-state index contributed by atoms with van der Waals surface area (Å²) in [4.78, 5) is 11.0. The van der Waals surface area contributed by atoms with Gasteiger partial charge in [-0.15, -0.1) is 11.3 Å². The van der Waals surface area contributed by atoms with Gasteiger partial charge in [0.05, 0.1) is 16.9 Å². The van der Waals surface area contributed by atoms with Gasteiger partial charge in [0.15, 0.2) is 11.8 Å². The smallest absolute Gasteiger partial charge is 0.193 e. The monoisotopic (exact) mass is 423 g/mol. The summed E-state index contributed by atoms with van der Waals surface area (Å²) in [6.45, 7) is 7.08. The Labute approximate surface area is 179 Å². The summed E-state index contributed by atoms with van der Waals surface area (Å²) in [7, 11) is 0. The number of anilines is 2. The number of piperazine rings is 1. The predicted molar refractivity (Wildman–Crippen MR) is 121 cm³/mol. The molecule has 1 fully saturated rings. The van der Waals surface area contributed by atoms with E-state index >= 15 is 0 Å². The normalized spacial score (nSPS) is 16.4. The Balaban J connectivity index is 1.32. The predicted octanol–water partition coefficient (Wildman–Crippen LogP) is 3.72. The van der Waals surface area contributed by atoms with Crippen LogP contribution in [0.25, 0.3) is 0 Å². The maximum atomic E-state index is 9.83. The van der Waals surface area contributed by atoms with Gasteiger partial charge < -0.3 is 20.4 Å². The fraction of sp³-hybridized carbons (Fsp3) is 0.318. The number of aliphatic imine (C=N–C) groups is 1. The number of hydrogen-bond acceptors (Lipinski definition) is 7. The number of nitrogens with zero attached hydrogens (tertiary/aromatic N) is 4. The standard InChI is InChI=1S/C22H25N5O2S/c1-15-14-16-21(23-17-4-2-3-5-18(17)24-22(16)30-15)26-11-8-25(9-12-26)10-13-27-19(28)6-7-20(27)29/h2-7,14,24,28-29H,8-13H2,1H3. The number of aromatic nitrogens is 1. The molecule has 4 heterocycles. The number of rotatable bonds is 3. The van der Waals surface area contributed by atoms with E-state index in [2.05, 4.69) is 40.2 Å². The van der Waals surface area contributed by atoms with E-state index < -0.39 is 0 Å². The first-order valence-corrected chi connectivity index (χ1v) is 11.0. The van der Waals surface area contributed by atoms with Crippen LogP contribution in [-0.4, -0.2) is 63.1 Å².